The van der Waals surface area contributed by atoms with Gasteiger partial charge >= 0.3 is 0 Å². The fourth-order valence-electron chi connectivity index (χ4n) is 3.61. The van der Waals surface area contributed by atoms with Gasteiger partial charge in [0, 0.05) is 29.3 Å². The Hall–Kier alpha value is -2.64. The van der Waals surface area contributed by atoms with Crippen molar-refractivity contribution in [2.45, 2.75) is 44.4 Å². The van der Waals surface area contributed by atoms with Crippen molar-refractivity contribution in [1.29, 1.82) is 0 Å². The average Bonchev–Trinajstić information content (AvgIpc) is 3.14. The topological polar surface area (TPSA) is 74.1 Å². The number of para-hydroxylation sites is 1. The van der Waals surface area contributed by atoms with Crippen molar-refractivity contribution >= 4 is 51.9 Å². The molecule has 0 unspecified atom stereocenters. The maximum atomic E-state index is 13.3. The number of unbranched alkanes of at least 4 members (excludes halogenated alkanes) is 1. The molecule has 0 bridgehead atoms. The van der Waals surface area contributed by atoms with E-state index in [0.717, 1.165) is 29.7 Å². The number of benzene rings is 2. The summed E-state index contributed by atoms with van der Waals surface area (Å²) in [6, 6.07) is 14.7. The first-order chi connectivity index (χ1) is 15.6. The Morgan fingerprint density at radius 2 is 1.97 bits per heavy atom. The van der Waals surface area contributed by atoms with Crippen LogP contribution in [0.1, 0.15) is 43.7 Å². The minimum absolute atomic E-state index is 0.0429. The summed E-state index contributed by atoms with van der Waals surface area (Å²) in [4.78, 5) is 36.5. The van der Waals surface area contributed by atoms with Gasteiger partial charge in [-0.25, -0.2) is 9.89 Å². The van der Waals surface area contributed by atoms with Crippen LogP contribution in [-0.4, -0.2) is 40.3 Å². The number of hydrogen-bond acceptors (Lipinski definition) is 5. The van der Waals surface area contributed by atoms with E-state index in [4.69, 9.17) is 21.6 Å². The Morgan fingerprint density at radius 1 is 1.19 bits per heavy atom. The molecule has 2 aliphatic heterocycles. The van der Waals surface area contributed by atoms with E-state index in [1.54, 1.807) is 4.90 Å². The van der Waals surface area contributed by atoms with Crippen molar-refractivity contribution in [2.75, 3.05) is 6.54 Å². The first-order valence-corrected chi connectivity index (χ1v) is 12.2. The number of aliphatic imine (C=N–C) groups is 2. The van der Waals surface area contributed by atoms with E-state index in [1.165, 1.54) is 11.8 Å². The van der Waals surface area contributed by atoms with Gasteiger partial charge in [-0.1, -0.05) is 67.0 Å². The normalized spacial score (nSPS) is 16.9. The van der Waals surface area contributed by atoms with Crippen LogP contribution in [0.3, 0.4) is 0 Å². The molecule has 0 fully saturated rings. The quantitative estimate of drug-likeness (QED) is 0.558. The van der Waals surface area contributed by atoms with Gasteiger partial charge in [-0.15, -0.1) is 0 Å². The molecule has 0 saturated heterocycles. The van der Waals surface area contributed by atoms with Crippen molar-refractivity contribution in [2.24, 2.45) is 9.98 Å². The molecule has 4 rings (SSSR count). The fraction of sp³-hybridized carbons (Fsp3) is 0.333. The number of carbonyl (C=O) groups is 2. The SMILES string of the molecule is CCCCNC(=O)CC[C@H]1N=C2c3ccccc3N=C(SCc3ccccc3Cl)N2C1=O. The Bertz CT molecular complexity index is 1090. The lowest BCUT2D eigenvalue weighted by Gasteiger charge is -2.25. The number of nitrogens with one attached hydrogen (secondary N) is 1. The number of amides is 2. The second-order valence-electron chi connectivity index (χ2n) is 7.68. The highest BCUT2D eigenvalue weighted by Crippen LogP contribution is 2.35. The maximum absolute atomic E-state index is 13.3. The van der Waals surface area contributed by atoms with Crippen LogP contribution in [0.15, 0.2) is 58.5 Å². The zero-order valence-corrected chi connectivity index (χ0v) is 19.5. The maximum Gasteiger partial charge on any atom is 0.259 e. The van der Waals surface area contributed by atoms with Crippen LogP contribution in [-0.2, 0) is 15.3 Å². The molecule has 166 valence electrons. The van der Waals surface area contributed by atoms with E-state index in [0.29, 0.717) is 34.7 Å². The third-order valence-corrected chi connectivity index (χ3v) is 6.72. The predicted molar refractivity (Wildman–Crippen MR) is 131 cm³/mol. The molecule has 8 heteroatoms. The zero-order chi connectivity index (χ0) is 22.5. The monoisotopic (exact) mass is 468 g/mol. The second-order valence-corrected chi connectivity index (χ2v) is 9.03. The van der Waals surface area contributed by atoms with E-state index in [-0.39, 0.29) is 18.2 Å². The first-order valence-electron chi connectivity index (χ1n) is 10.8. The molecular formula is C24H25ClN4O2S. The fourth-order valence-corrected chi connectivity index (χ4v) is 4.89. The molecule has 1 N–H and O–H groups in total. The number of carbonyl (C=O) groups excluding carboxylic acids is 2. The smallest absolute Gasteiger partial charge is 0.259 e. The lowest BCUT2D eigenvalue weighted by molar-refractivity contribution is -0.125. The summed E-state index contributed by atoms with van der Waals surface area (Å²) < 4.78 is 0. The molecule has 0 radical (unpaired) electrons. The van der Waals surface area contributed by atoms with E-state index in [9.17, 15) is 9.59 Å². The molecule has 2 heterocycles. The van der Waals surface area contributed by atoms with Gasteiger partial charge in [-0.2, -0.15) is 0 Å². The number of hydrogen-bond donors (Lipinski definition) is 1. The van der Waals surface area contributed by atoms with E-state index >= 15 is 0 Å². The molecule has 2 aliphatic rings. The Balaban J connectivity index is 1.52. The zero-order valence-electron chi connectivity index (χ0n) is 17.9. The van der Waals surface area contributed by atoms with Crippen LogP contribution in [0.25, 0.3) is 0 Å². The minimum Gasteiger partial charge on any atom is -0.356 e. The molecule has 2 amide bonds. The summed E-state index contributed by atoms with van der Waals surface area (Å²) in [6.45, 7) is 2.74. The number of halogens is 1. The molecule has 2 aromatic rings. The number of nitrogens with zero attached hydrogens (tertiary/aromatic N) is 3. The number of fused-ring (bicyclic) bond motifs is 3. The first kappa shape index (κ1) is 22.6. The van der Waals surface area contributed by atoms with Gasteiger partial charge in [0.05, 0.1) is 5.69 Å². The Kier molecular flexibility index (Phi) is 7.27. The molecule has 6 nitrogen and oxygen atoms in total. The third-order valence-electron chi connectivity index (χ3n) is 5.36. The lowest BCUT2D eigenvalue weighted by atomic mass is 10.1. The lowest BCUT2D eigenvalue weighted by Crippen LogP contribution is -2.41. The largest absolute Gasteiger partial charge is 0.356 e. The summed E-state index contributed by atoms with van der Waals surface area (Å²) in [7, 11) is 0. The van der Waals surface area contributed by atoms with Crippen LogP contribution >= 0.6 is 23.4 Å². The van der Waals surface area contributed by atoms with Gasteiger partial charge in [0.25, 0.3) is 5.91 Å². The highest BCUT2D eigenvalue weighted by molar-refractivity contribution is 8.13. The van der Waals surface area contributed by atoms with Crippen molar-refractivity contribution < 1.29 is 9.59 Å². The van der Waals surface area contributed by atoms with Gasteiger partial charge in [0.15, 0.2) is 5.17 Å². The summed E-state index contributed by atoms with van der Waals surface area (Å²) in [5.41, 5.74) is 2.60. The number of rotatable bonds is 8. The van der Waals surface area contributed by atoms with Crippen molar-refractivity contribution in [3.8, 4) is 0 Å². The van der Waals surface area contributed by atoms with Crippen molar-refractivity contribution in [1.82, 2.24) is 10.2 Å². The summed E-state index contributed by atoms with van der Waals surface area (Å²) in [5.74, 6) is 1.01. The molecule has 0 spiro atoms. The Labute approximate surface area is 197 Å². The number of amidine groups is 2. The van der Waals surface area contributed by atoms with E-state index in [2.05, 4.69) is 12.2 Å². The van der Waals surface area contributed by atoms with Crippen LogP contribution in [0, 0.1) is 0 Å². The summed E-state index contributed by atoms with van der Waals surface area (Å²) >= 11 is 7.77. The average molecular weight is 469 g/mol. The third kappa shape index (κ3) is 4.89. The molecule has 0 saturated carbocycles. The minimum atomic E-state index is -0.584. The predicted octanol–water partition coefficient (Wildman–Crippen LogP) is 4.93. The van der Waals surface area contributed by atoms with Gasteiger partial charge in [0.1, 0.15) is 11.9 Å². The number of thioether (sulfide) groups is 1. The highest BCUT2D eigenvalue weighted by Gasteiger charge is 2.41. The van der Waals surface area contributed by atoms with Crippen LogP contribution in [0.2, 0.25) is 5.02 Å². The van der Waals surface area contributed by atoms with Crippen LogP contribution < -0.4 is 5.32 Å². The van der Waals surface area contributed by atoms with E-state index < -0.39 is 6.04 Å². The second kappa shape index (κ2) is 10.3. The molecule has 1 atom stereocenters. The van der Waals surface area contributed by atoms with Crippen LogP contribution in [0.5, 0.6) is 0 Å². The Morgan fingerprint density at radius 3 is 2.78 bits per heavy atom. The van der Waals surface area contributed by atoms with Crippen molar-refractivity contribution in [3.63, 3.8) is 0 Å². The standard InChI is InChI=1S/C24H25ClN4O2S/c1-2-3-14-26-21(30)13-12-20-23(31)29-22(27-20)17-9-5-7-11-19(17)28-24(29)32-15-16-8-4-6-10-18(16)25/h4-11,20H,2-3,12-15H2,1H3,(H,26,30)/t20-/m1/s1. The van der Waals surface area contributed by atoms with Gasteiger partial charge in [-0.05, 0) is 36.6 Å². The van der Waals surface area contributed by atoms with Crippen molar-refractivity contribution in [3.05, 3.63) is 64.7 Å². The molecule has 0 aliphatic carbocycles. The van der Waals surface area contributed by atoms with Gasteiger partial charge in [0.2, 0.25) is 5.91 Å². The van der Waals surface area contributed by atoms with Crippen LogP contribution in [0.4, 0.5) is 5.69 Å². The van der Waals surface area contributed by atoms with E-state index in [1.807, 2.05) is 48.5 Å². The highest BCUT2D eigenvalue weighted by atomic mass is 35.5. The van der Waals surface area contributed by atoms with Gasteiger partial charge < -0.3 is 5.32 Å². The molecule has 0 aromatic heterocycles. The molecular weight excluding hydrogens is 444 g/mol. The summed E-state index contributed by atoms with van der Waals surface area (Å²) in [5, 5.41) is 4.17. The van der Waals surface area contributed by atoms with Gasteiger partial charge in [-0.3, -0.25) is 14.6 Å². The molecule has 32 heavy (non-hydrogen) atoms. The molecule has 2 aromatic carbocycles. The summed E-state index contributed by atoms with van der Waals surface area (Å²) in [6.07, 6.45) is 2.62.